The Balaban J connectivity index is 1.29. The Kier molecular flexibility index (Phi) is 6.49. The number of imide groups is 1. The molecule has 2 aromatic carbocycles. The van der Waals surface area contributed by atoms with E-state index < -0.39 is 35.5 Å². The number of ether oxygens (including phenoxy) is 2. The summed E-state index contributed by atoms with van der Waals surface area (Å²) >= 11 is 0. The maximum Gasteiger partial charge on any atom is 0.270 e. The highest BCUT2D eigenvalue weighted by Gasteiger charge is 2.58. The highest BCUT2D eigenvalue weighted by Crippen LogP contribution is 2.36. The Morgan fingerprint density at radius 3 is 2.50 bits per heavy atom. The molecule has 3 unspecified atom stereocenters. The summed E-state index contributed by atoms with van der Waals surface area (Å²) in [5.41, 5.74) is 12.8. The SMILES string of the molecule is NC1C(=O)NC(=O)C(N)(N2Cc3c(OCc4ccc(CN5CCOCC5)cc4)cccc3C2=O)C1O. The summed E-state index contributed by atoms with van der Waals surface area (Å²) in [6.45, 7) is 4.42. The van der Waals surface area contributed by atoms with Gasteiger partial charge >= 0.3 is 0 Å². The van der Waals surface area contributed by atoms with Gasteiger partial charge < -0.3 is 25.2 Å². The van der Waals surface area contributed by atoms with Gasteiger partial charge in [0.1, 0.15) is 24.5 Å². The smallest absolute Gasteiger partial charge is 0.270 e. The zero-order valence-corrected chi connectivity index (χ0v) is 19.7. The van der Waals surface area contributed by atoms with Gasteiger partial charge in [-0.25, -0.2) is 0 Å². The molecule has 3 aliphatic heterocycles. The quantitative estimate of drug-likeness (QED) is 0.371. The summed E-state index contributed by atoms with van der Waals surface area (Å²) in [6, 6.07) is 11.7. The molecular formula is C25H29N5O6. The van der Waals surface area contributed by atoms with Crippen molar-refractivity contribution in [1.29, 1.82) is 0 Å². The highest BCUT2D eigenvalue weighted by molar-refractivity contribution is 6.09. The van der Waals surface area contributed by atoms with E-state index >= 15 is 0 Å². The number of benzene rings is 2. The number of aliphatic hydroxyl groups excluding tert-OH is 1. The highest BCUT2D eigenvalue weighted by atomic mass is 16.5. The Hall–Kier alpha value is -3.35. The average molecular weight is 496 g/mol. The third kappa shape index (κ3) is 4.25. The third-order valence-corrected chi connectivity index (χ3v) is 6.99. The summed E-state index contributed by atoms with van der Waals surface area (Å²) < 4.78 is 11.4. The number of rotatable bonds is 6. The number of nitrogens with two attached hydrogens (primary N) is 2. The Bertz CT molecular complexity index is 1180. The minimum absolute atomic E-state index is 0.0787. The molecule has 3 amide bonds. The summed E-state index contributed by atoms with van der Waals surface area (Å²) in [7, 11) is 0. The van der Waals surface area contributed by atoms with Gasteiger partial charge in [-0.1, -0.05) is 30.3 Å². The number of amides is 3. The predicted molar refractivity (Wildman–Crippen MR) is 127 cm³/mol. The number of carbonyl (C=O) groups excluding carboxylic acids is 3. The van der Waals surface area contributed by atoms with E-state index in [9.17, 15) is 19.5 Å². The summed E-state index contributed by atoms with van der Waals surface area (Å²) in [5, 5.41) is 12.6. The zero-order valence-electron chi connectivity index (χ0n) is 19.7. The van der Waals surface area contributed by atoms with Gasteiger partial charge in [0, 0.05) is 30.8 Å². The molecule has 3 atom stereocenters. The molecule has 0 aliphatic carbocycles. The molecule has 2 aromatic rings. The van der Waals surface area contributed by atoms with Crippen LogP contribution in [0.5, 0.6) is 5.75 Å². The van der Waals surface area contributed by atoms with E-state index in [1.54, 1.807) is 18.2 Å². The molecule has 0 spiro atoms. The molecule has 3 heterocycles. The van der Waals surface area contributed by atoms with E-state index in [0.29, 0.717) is 16.9 Å². The maximum atomic E-state index is 13.2. The first-order chi connectivity index (χ1) is 17.3. The number of nitrogens with one attached hydrogen (secondary N) is 1. The second kappa shape index (κ2) is 9.60. The molecule has 0 aromatic heterocycles. The van der Waals surface area contributed by atoms with Crippen LogP contribution in [-0.4, -0.2) is 76.7 Å². The molecule has 0 bridgehead atoms. The van der Waals surface area contributed by atoms with E-state index in [0.717, 1.165) is 43.3 Å². The van der Waals surface area contributed by atoms with Gasteiger partial charge in [-0.3, -0.25) is 30.3 Å². The zero-order chi connectivity index (χ0) is 25.4. The topological polar surface area (TPSA) is 160 Å². The number of piperidine rings is 1. The number of hydrogen-bond acceptors (Lipinski definition) is 9. The Morgan fingerprint density at radius 1 is 1.08 bits per heavy atom. The van der Waals surface area contributed by atoms with Crippen LogP contribution in [-0.2, 0) is 34.0 Å². The van der Waals surface area contributed by atoms with Crippen LogP contribution in [0.15, 0.2) is 42.5 Å². The van der Waals surface area contributed by atoms with Crippen LogP contribution in [0.2, 0.25) is 0 Å². The minimum Gasteiger partial charge on any atom is -0.489 e. The van der Waals surface area contributed by atoms with Gasteiger partial charge in [-0.2, -0.15) is 0 Å². The fourth-order valence-electron chi connectivity index (χ4n) is 4.79. The van der Waals surface area contributed by atoms with Crippen molar-refractivity contribution in [3.8, 4) is 5.75 Å². The number of hydrogen-bond donors (Lipinski definition) is 4. The van der Waals surface area contributed by atoms with Crippen LogP contribution in [0.25, 0.3) is 0 Å². The molecule has 0 saturated carbocycles. The van der Waals surface area contributed by atoms with Crippen LogP contribution in [0.4, 0.5) is 0 Å². The van der Waals surface area contributed by atoms with Gasteiger partial charge in [0.25, 0.3) is 11.8 Å². The van der Waals surface area contributed by atoms with Crippen molar-refractivity contribution in [2.45, 2.75) is 37.5 Å². The molecule has 3 aliphatic rings. The van der Waals surface area contributed by atoms with E-state index in [1.165, 1.54) is 5.56 Å². The Labute approximate surface area is 207 Å². The molecule has 5 rings (SSSR count). The number of carbonyl (C=O) groups is 3. The second-order valence-electron chi connectivity index (χ2n) is 9.28. The monoisotopic (exact) mass is 495 g/mol. The molecular weight excluding hydrogens is 466 g/mol. The first kappa shape index (κ1) is 24.3. The lowest BCUT2D eigenvalue weighted by atomic mass is 9.90. The summed E-state index contributed by atoms with van der Waals surface area (Å²) in [6.07, 6.45) is -1.77. The molecule has 190 valence electrons. The van der Waals surface area contributed by atoms with Crippen molar-refractivity contribution in [2.75, 3.05) is 26.3 Å². The van der Waals surface area contributed by atoms with Crippen LogP contribution < -0.4 is 21.5 Å². The number of fused-ring (bicyclic) bond motifs is 1. The van der Waals surface area contributed by atoms with Crippen LogP contribution in [0, 0.1) is 0 Å². The van der Waals surface area contributed by atoms with Crippen LogP contribution >= 0.6 is 0 Å². The van der Waals surface area contributed by atoms with E-state index in [4.69, 9.17) is 20.9 Å². The van der Waals surface area contributed by atoms with Crippen molar-refractivity contribution in [3.05, 3.63) is 64.7 Å². The van der Waals surface area contributed by atoms with E-state index in [1.807, 2.05) is 17.4 Å². The minimum atomic E-state index is -2.20. The van der Waals surface area contributed by atoms with Crippen molar-refractivity contribution < 1.29 is 29.0 Å². The normalized spacial score (nSPS) is 26.6. The standard InChI is InChI=1S/C25H29N5O6/c26-20-21(31)25(27,24(34)28-22(20)32)30-13-18-17(23(30)33)2-1-3-19(18)36-14-16-6-4-15(5-7-16)12-29-8-10-35-11-9-29/h1-7,20-21,31H,8-14,26-27H2,(H,28,32,34). The van der Waals surface area contributed by atoms with Crippen molar-refractivity contribution in [1.82, 2.24) is 15.1 Å². The fourth-order valence-corrected chi connectivity index (χ4v) is 4.79. The van der Waals surface area contributed by atoms with Gasteiger partial charge in [0.05, 0.1) is 19.8 Å². The fraction of sp³-hybridized carbons (Fsp3) is 0.400. The first-order valence-electron chi connectivity index (χ1n) is 11.8. The molecule has 6 N–H and O–H groups in total. The first-order valence-corrected chi connectivity index (χ1v) is 11.8. The van der Waals surface area contributed by atoms with Gasteiger partial charge in [-0.05, 0) is 23.3 Å². The second-order valence-corrected chi connectivity index (χ2v) is 9.28. The molecule has 36 heavy (non-hydrogen) atoms. The van der Waals surface area contributed by atoms with E-state index in [2.05, 4.69) is 17.0 Å². The summed E-state index contributed by atoms with van der Waals surface area (Å²) in [4.78, 5) is 41.0. The lowest BCUT2D eigenvalue weighted by Crippen LogP contribution is -2.80. The molecule has 2 fully saturated rings. The number of aliphatic hydroxyl groups is 1. The van der Waals surface area contributed by atoms with Gasteiger partial charge in [0.2, 0.25) is 11.6 Å². The number of morpholine rings is 1. The molecule has 2 saturated heterocycles. The van der Waals surface area contributed by atoms with Crippen LogP contribution in [0.3, 0.4) is 0 Å². The summed E-state index contributed by atoms with van der Waals surface area (Å²) in [5.74, 6) is -1.92. The lowest BCUT2D eigenvalue weighted by molar-refractivity contribution is -0.154. The third-order valence-electron chi connectivity index (χ3n) is 6.99. The molecule has 11 nitrogen and oxygen atoms in total. The maximum absolute atomic E-state index is 13.2. The van der Waals surface area contributed by atoms with Crippen molar-refractivity contribution in [3.63, 3.8) is 0 Å². The number of nitrogens with zero attached hydrogens (tertiary/aromatic N) is 2. The largest absolute Gasteiger partial charge is 0.489 e. The van der Waals surface area contributed by atoms with Crippen molar-refractivity contribution in [2.24, 2.45) is 11.5 Å². The van der Waals surface area contributed by atoms with E-state index in [-0.39, 0.29) is 13.2 Å². The average Bonchev–Trinajstić information content (AvgIpc) is 3.24. The van der Waals surface area contributed by atoms with Crippen LogP contribution in [0.1, 0.15) is 27.0 Å². The Morgan fingerprint density at radius 2 is 1.78 bits per heavy atom. The molecule has 11 heteroatoms. The predicted octanol–water partition coefficient (Wildman–Crippen LogP) is -0.947. The van der Waals surface area contributed by atoms with Gasteiger partial charge in [0.15, 0.2) is 0 Å². The molecule has 0 radical (unpaired) electrons. The van der Waals surface area contributed by atoms with Gasteiger partial charge in [-0.15, -0.1) is 0 Å². The van der Waals surface area contributed by atoms with Crippen molar-refractivity contribution >= 4 is 17.7 Å². The lowest BCUT2D eigenvalue weighted by Gasteiger charge is -2.44.